The zero-order valence-electron chi connectivity index (χ0n) is 35.5. The number of esters is 2. The number of anilines is 2. The lowest BCUT2D eigenvalue weighted by atomic mass is 9.86. The number of amides is 2. The number of halogens is 2. The van der Waals surface area contributed by atoms with Gasteiger partial charge in [0, 0.05) is 8.95 Å². The van der Waals surface area contributed by atoms with Gasteiger partial charge in [0.1, 0.15) is 18.2 Å². The van der Waals surface area contributed by atoms with E-state index in [-0.39, 0.29) is 67.6 Å². The number of rotatable bonds is 10. The van der Waals surface area contributed by atoms with Crippen molar-refractivity contribution in [2.45, 2.75) is 77.0 Å². The Morgan fingerprint density at radius 1 is 0.672 bits per heavy atom. The molecule has 2 heterocycles. The number of carbonyl (C=O) groups is 4. The molecule has 0 fully saturated rings. The number of nitrogens with zero attached hydrogens (tertiary/aromatic N) is 2. The van der Waals surface area contributed by atoms with E-state index in [0.717, 1.165) is 42.6 Å². The number of benzene rings is 4. The van der Waals surface area contributed by atoms with Gasteiger partial charge in [0.2, 0.25) is 11.8 Å². The first-order valence-electron chi connectivity index (χ1n) is 19.3. The first-order valence-corrected chi connectivity index (χ1v) is 20.9. The van der Waals surface area contributed by atoms with Crippen LogP contribution in [0.4, 0.5) is 11.4 Å². The van der Waals surface area contributed by atoms with Crippen LogP contribution >= 0.6 is 31.9 Å². The number of aromatic hydroxyl groups is 1. The maximum atomic E-state index is 12.9. The Balaban J connectivity index is 0.000000222. The Bertz CT molecular complexity index is 2350. The summed E-state index contributed by atoms with van der Waals surface area (Å²) in [6.07, 6.45) is 0.420. The normalized spacial score (nSPS) is 14.8. The molecule has 2 N–H and O–H groups in total. The number of phenols is 1. The molecule has 0 radical (unpaired) electrons. The molecule has 0 saturated carbocycles. The lowest BCUT2D eigenvalue weighted by molar-refractivity contribution is -0.141. The van der Waals surface area contributed by atoms with E-state index in [1.54, 1.807) is 43.0 Å². The highest BCUT2D eigenvalue weighted by Crippen LogP contribution is 2.43. The molecule has 0 spiro atoms. The number of phenolic OH excluding ortho intramolecular Hbond substituents is 1. The second kappa shape index (κ2) is 21.3. The summed E-state index contributed by atoms with van der Waals surface area (Å²) in [5, 5.41) is 18.3. The number of aliphatic hydroxyl groups excluding tert-OH is 1. The van der Waals surface area contributed by atoms with Gasteiger partial charge in [0.15, 0.2) is 6.73 Å². The second-order valence-corrected chi connectivity index (χ2v) is 16.9. The third-order valence-electron chi connectivity index (χ3n) is 10.3. The molecule has 11 nitrogen and oxygen atoms in total. The van der Waals surface area contributed by atoms with Crippen LogP contribution in [0.5, 0.6) is 11.5 Å². The number of ether oxygens (including phenoxy) is 3. The van der Waals surface area contributed by atoms with Gasteiger partial charge in [0.25, 0.3) is 0 Å². The highest BCUT2D eigenvalue weighted by molar-refractivity contribution is 9.10. The molecule has 0 saturated heterocycles. The Labute approximate surface area is 374 Å². The quantitative estimate of drug-likeness (QED) is 0.118. The fraction of sp³-hybridized carbons (Fsp3) is 0.333. The van der Waals surface area contributed by atoms with Crippen molar-refractivity contribution in [2.75, 3.05) is 37.5 Å². The highest BCUT2D eigenvalue weighted by Gasteiger charge is 2.45. The Morgan fingerprint density at radius 2 is 1.08 bits per heavy atom. The van der Waals surface area contributed by atoms with E-state index in [2.05, 4.69) is 60.3 Å². The summed E-state index contributed by atoms with van der Waals surface area (Å²) in [6, 6.07) is 25.6. The molecule has 4 aromatic rings. The fourth-order valence-electron chi connectivity index (χ4n) is 6.88. The van der Waals surface area contributed by atoms with Gasteiger partial charge in [-0.1, -0.05) is 68.0 Å². The van der Waals surface area contributed by atoms with Gasteiger partial charge in [-0.3, -0.25) is 29.0 Å². The number of hydrogen-bond acceptors (Lipinski definition) is 9. The number of aliphatic hydroxyl groups is 1. The van der Waals surface area contributed by atoms with Crippen LogP contribution in [0, 0.1) is 23.7 Å². The highest BCUT2D eigenvalue weighted by atomic mass is 79.9. The number of fused-ring (bicyclic) bond motifs is 2. The van der Waals surface area contributed by atoms with Crippen molar-refractivity contribution in [1.29, 1.82) is 0 Å². The van der Waals surface area contributed by atoms with Crippen LogP contribution < -0.4 is 14.5 Å². The Hall–Kier alpha value is -5.60. The van der Waals surface area contributed by atoms with E-state index in [1.807, 2.05) is 88.4 Å². The van der Waals surface area contributed by atoms with Crippen molar-refractivity contribution in [3.05, 3.63) is 116 Å². The van der Waals surface area contributed by atoms with Crippen LogP contribution in [-0.2, 0) is 39.5 Å². The van der Waals surface area contributed by atoms with Crippen LogP contribution in [0.25, 0.3) is 0 Å². The van der Waals surface area contributed by atoms with Crippen LogP contribution in [0.1, 0.15) is 88.5 Å². The van der Waals surface area contributed by atoms with E-state index in [0.29, 0.717) is 5.75 Å². The summed E-state index contributed by atoms with van der Waals surface area (Å²) < 4.78 is 17.2. The predicted octanol–water partition coefficient (Wildman–Crippen LogP) is 8.87. The van der Waals surface area contributed by atoms with E-state index in [9.17, 15) is 24.3 Å². The summed E-state index contributed by atoms with van der Waals surface area (Å²) in [5.41, 5.74) is 4.25. The standard InChI is InChI=1S/C24H24BrNO4.C13H14O3.C11H12BrNO2/c1-5-6-17(13-22(27)29-4)16-7-10-19(11-8-16)30-15-26-21-12-9-18(25)14-20(21)24(2,3)23(26)28;1-3-4-11(9-13(15)16-2)10-5-7-12(14)8-6-10;1-11(2)8-5-7(12)3-4-9(8)13(6-14)10(11)15/h7-12,14,17H,13,15H2,1-4H3;5-8,11,14H,9H2,1-2H3;3-5,14H,6H2,1-2H3. The van der Waals surface area contributed by atoms with Crippen molar-refractivity contribution < 1.29 is 43.6 Å². The summed E-state index contributed by atoms with van der Waals surface area (Å²) in [6.45, 7) is 10.9. The SMILES string of the molecule is CC#CC(CC(=O)OC)c1ccc(O)cc1.CC#CC(CC(=O)OC)c1ccc(OCN2C(=O)C(C)(C)c3cc(Br)ccc32)cc1.CC1(C)C(=O)N(CO)c2ccc(Br)cc21. The van der Waals surface area contributed by atoms with Crippen molar-refractivity contribution in [1.82, 2.24) is 0 Å². The van der Waals surface area contributed by atoms with Gasteiger partial charge in [-0.05, 0) is 124 Å². The fourth-order valence-corrected chi connectivity index (χ4v) is 7.60. The Kier molecular flexibility index (Phi) is 16.8. The molecule has 0 bridgehead atoms. The molecule has 2 unspecified atom stereocenters. The first kappa shape index (κ1) is 48.1. The summed E-state index contributed by atoms with van der Waals surface area (Å²) >= 11 is 6.87. The van der Waals surface area contributed by atoms with Gasteiger partial charge in [-0.25, -0.2) is 0 Å². The molecule has 0 aliphatic carbocycles. The van der Waals surface area contributed by atoms with Gasteiger partial charge >= 0.3 is 11.9 Å². The maximum absolute atomic E-state index is 12.9. The van der Waals surface area contributed by atoms with E-state index in [1.165, 1.54) is 19.1 Å². The average molecular weight is 959 g/mol. The molecule has 2 aliphatic rings. The minimum Gasteiger partial charge on any atom is -0.508 e. The predicted molar refractivity (Wildman–Crippen MR) is 242 cm³/mol. The molecular weight excluding hydrogens is 908 g/mol. The van der Waals surface area contributed by atoms with Crippen molar-refractivity contribution >= 4 is 67.0 Å². The second-order valence-electron chi connectivity index (χ2n) is 15.1. The molecule has 320 valence electrons. The van der Waals surface area contributed by atoms with Gasteiger partial charge < -0.3 is 24.4 Å². The van der Waals surface area contributed by atoms with Crippen molar-refractivity contribution in [3.8, 4) is 35.2 Å². The average Bonchev–Trinajstić information content (AvgIpc) is 3.55. The largest absolute Gasteiger partial charge is 0.508 e. The lowest BCUT2D eigenvalue weighted by Crippen LogP contribution is -2.38. The molecule has 2 amide bonds. The van der Waals surface area contributed by atoms with Crippen LogP contribution in [0.15, 0.2) is 93.9 Å². The summed E-state index contributed by atoms with van der Waals surface area (Å²) in [5.74, 6) is 11.4. The maximum Gasteiger partial charge on any atom is 0.307 e. The van der Waals surface area contributed by atoms with Gasteiger partial charge in [-0.15, -0.1) is 11.8 Å². The zero-order chi connectivity index (χ0) is 45.1. The minimum absolute atomic E-state index is 0.00332. The molecule has 6 rings (SSSR count). The van der Waals surface area contributed by atoms with Crippen molar-refractivity contribution in [2.24, 2.45) is 0 Å². The molecule has 2 atom stereocenters. The number of carbonyl (C=O) groups excluding carboxylic acids is 4. The van der Waals surface area contributed by atoms with E-state index >= 15 is 0 Å². The van der Waals surface area contributed by atoms with E-state index in [4.69, 9.17) is 14.6 Å². The van der Waals surface area contributed by atoms with E-state index < -0.39 is 10.8 Å². The van der Waals surface area contributed by atoms with Gasteiger partial charge in [0.05, 0.1) is 61.1 Å². The molecule has 2 aliphatic heterocycles. The van der Waals surface area contributed by atoms with Crippen LogP contribution in [-0.4, -0.2) is 61.6 Å². The topological polar surface area (TPSA) is 143 Å². The van der Waals surface area contributed by atoms with Crippen molar-refractivity contribution in [3.63, 3.8) is 0 Å². The molecular formula is C48H50Br2N2O9. The third kappa shape index (κ3) is 11.6. The lowest BCUT2D eigenvalue weighted by Gasteiger charge is -2.21. The van der Waals surface area contributed by atoms with Crippen LogP contribution in [0.3, 0.4) is 0 Å². The Morgan fingerprint density at radius 3 is 1.49 bits per heavy atom. The zero-order valence-corrected chi connectivity index (χ0v) is 38.6. The minimum atomic E-state index is -0.605. The van der Waals surface area contributed by atoms with Crippen LogP contribution in [0.2, 0.25) is 0 Å². The smallest absolute Gasteiger partial charge is 0.307 e. The molecule has 13 heteroatoms. The molecule has 61 heavy (non-hydrogen) atoms. The monoisotopic (exact) mass is 956 g/mol. The summed E-state index contributed by atoms with van der Waals surface area (Å²) in [4.78, 5) is 50.8. The third-order valence-corrected chi connectivity index (χ3v) is 11.3. The number of methoxy groups -OCH3 is 2. The number of hydrogen-bond donors (Lipinski definition) is 2. The molecule has 4 aromatic carbocycles. The summed E-state index contributed by atoms with van der Waals surface area (Å²) in [7, 11) is 2.73. The molecule has 0 aromatic heterocycles. The van der Waals surface area contributed by atoms with Gasteiger partial charge in [-0.2, -0.15) is 0 Å². The first-order chi connectivity index (χ1) is 28.9.